The summed E-state index contributed by atoms with van der Waals surface area (Å²) in [5, 5.41) is 10.3. The standard InChI is InChI=1S/C16H21F3O/c1-2-11-6-8-12(9-7-11)15(20)13-4-3-5-14(10-13)16(17,18)19/h3-5,10-12,15,20H,2,6-9H2,1H3. The molecule has 0 heterocycles. The second kappa shape index (κ2) is 6.17. The Morgan fingerprint density at radius 3 is 2.40 bits per heavy atom. The summed E-state index contributed by atoms with van der Waals surface area (Å²) in [5.74, 6) is 0.793. The van der Waals surface area contributed by atoms with Gasteiger partial charge in [-0.1, -0.05) is 38.3 Å². The number of alkyl halides is 3. The van der Waals surface area contributed by atoms with Gasteiger partial charge in [0.1, 0.15) is 0 Å². The summed E-state index contributed by atoms with van der Waals surface area (Å²) in [6, 6.07) is 5.09. The molecule has 1 N–H and O–H groups in total. The Morgan fingerprint density at radius 1 is 1.20 bits per heavy atom. The van der Waals surface area contributed by atoms with Crippen molar-refractivity contribution >= 4 is 0 Å². The number of aliphatic hydroxyl groups is 1. The molecule has 0 saturated heterocycles. The summed E-state index contributed by atoms with van der Waals surface area (Å²) < 4.78 is 38.1. The van der Waals surface area contributed by atoms with Crippen LogP contribution in [-0.4, -0.2) is 5.11 Å². The third kappa shape index (κ3) is 3.54. The van der Waals surface area contributed by atoms with E-state index in [0.717, 1.165) is 44.2 Å². The average Bonchev–Trinajstić information content (AvgIpc) is 2.46. The molecular formula is C16H21F3O. The first kappa shape index (κ1) is 15.4. The van der Waals surface area contributed by atoms with E-state index in [0.29, 0.717) is 11.5 Å². The first-order chi connectivity index (χ1) is 9.41. The van der Waals surface area contributed by atoms with Crippen LogP contribution in [0.1, 0.15) is 56.3 Å². The van der Waals surface area contributed by atoms with Crippen molar-refractivity contribution in [1.29, 1.82) is 0 Å². The molecule has 1 saturated carbocycles. The summed E-state index contributed by atoms with van der Waals surface area (Å²) in [4.78, 5) is 0. The van der Waals surface area contributed by atoms with E-state index < -0.39 is 17.8 Å². The van der Waals surface area contributed by atoms with Crippen molar-refractivity contribution in [1.82, 2.24) is 0 Å². The van der Waals surface area contributed by atoms with E-state index in [1.165, 1.54) is 6.07 Å². The van der Waals surface area contributed by atoms with E-state index >= 15 is 0 Å². The van der Waals surface area contributed by atoms with E-state index in [1.807, 2.05) is 0 Å². The number of hydrogen-bond donors (Lipinski definition) is 1. The third-order valence-corrected chi connectivity index (χ3v) is 4.47. The Morgan fingerprint density at radius 2 is 1.85 bits per heavy atom. The molecule has 0 amide bonds. The number of rotatable bonds is 3. The van der Waals surface area contributed by atoms with E-state index in [4.69, 9.17) is 0 Å². The first-order valence-electron chi connectivity index (χ1n) is 7.27. The molecule has 1 unspecified atom stereocenters. The molecule has 0 aromatic heterocycles. The van der Waals surface area contributed by atoms with Crippen molar-refractivity contribution in [2.75, 3.05) is 0 Å². The highest BCUT2D eigenvalue weighted by Gasteiger charge is 2.32. The van der Waals surface area contributed by atoms with Crippen LogP contribution in [0.15, 0.2) is 24.3 Å². The monoisotopic (exact) mass is 286 g/mol. The van der Waals surface area contributed by atoms with Gasteiger partial charge in [0, 0.05) is 0 Å². The maximum absolute atomic E-state index is 12.7. The quantitative estimate of drug-likeness (QED) is 0.833. The van der Waals surface area contributed by atoms with E-state index in [9.17, 15) is 18.3 Å². The summed E-state index contributed by atoms with van der Waals surface area (Å²) >= 11 is 0. The number of halogens is 3. The van der Waals surface area contributed by atoms with Gasteiger partial charge in [0.15, 0.2) is 0 Å². The van der Waals surface area contributed by atoms with Gasteiger partial charge in [-0.3, -0.25) is 0 Å². The third-order valence-electron chi connectivity index (χ3n) is 4.47. The zero-order chi connectivity index (χ0) is 14.8. The zero-order valence-electron chi connectivity index (χ0n) is 11.7. The molecule has 2 rings (SSSR count). The number of aliphatic hydroxyl groups excluding tert-OH is 1. The fourth-order valence-corrected chi connectivity index (χ4v) is 3.08. The average molecular weight is 286 g/mol. The van der Waals surface area contributed by atoms with Gasteiger partial charge in [-0.05, 0) is 42.4 Å². The molecule has 0 spiro atoms. The van der Waals surface area contributed by atoms with Crippen molar-refractivity contribution in [3.63, 3.8) is 0 Å². The molecule has 1 nitrogen and oxygen atoms in total. The molecule has 1 aliphatic rings. The van der Waals surface area contributed by atoms with Crippen LogP contribution in [0.25, 0.3) is 0 Å². The van der Waals surface area contributed by atoms with Crippen molar-refractivity contribution in [2.45, 2.75) is 51.3 Å². The van der Waals surface area contributed by atoms with Crippen LogP contribution in [-0.2, 0) is 6.18 Å². The van der Waals surface area contributed by atoms with Crippen LogP contribution in [0, 0.1) is 11.8 Å². The SMILES string of the molecule is CCC1CCC(C(O)c2cccc(C(F)(F)F)c2)CC1. The molecule has 1 atom stereocenters. The van der Waals surface area contributed by atoms with Gasteiger partial charge < -0.3 is 5.11 Å². The maximum atomic E-state index is 12.7. The summed E-state index contributed by atoms with van der Waals surface area (Å²) in [6.45, 7) is 2.16. The Hall–Kier alpha value is -1.03. The van der Waals surface area contributed by atoms with Crippen molar-refractivity contribution in [2.24, 2.45) is 11.8 Å². The normalized spacial score (nSPS) is 25.4. The topological polar surface area (TPSA) is 20.2 Å². The minimum absolute atomic E-state index is 0.0845. The summed E-state index contributed by atoms with van der Waals surface area (Å²) in [5.41, 5.74) is -0.295. The summed E-state index contributed by atoms with van der Waals surface area (Å²) in [6.07, 6.45) is -0.0579. The molecule has 0 radical (unpaired) electrons. The highest BCUT2D eigenvalue weighted by Crippen LogP contribution is 2.39. The van der Waals surface area contributed by atoms with E-state index in [-0.39, 0.29) is 5.92 Å². The van der Waals surface area contributed by atoms with Gasteiger partial charge in [-0.25, -0.2) is 0 Å². The lowest BCUT2D eigenvalue weighted by atomic mass is 9.77. The van der Waals surface area contributed by atoms with Crippen LogP contribution in [0.3, 0.4) is 0 Å². The number of hydrogen-bond acceptors (Lipinski definition) is 1. The molecule has 20 heavy (non-hydrogen) atoms. The van der Waals surface area contributed by atoms with Gasteiger partial charge in [0.05, 0.1) is 11.7 Å². The highest BCUT2D eigenvalue weighted by atomic mass is 19.4. The molecular weight excluding hydrogens is 265 g/mol. The Kier molecular flexibility index (Phi) is 4.74. The van der Waals surface area contributed by atoms with Crippen molar-refractivity contribution in [3.8, 4) is 0 Å². The Bertz CT molecular complexity index is 434. The fraction of sp³-hybridized carbons (Fsp3) is 0.625. The predicted molar refractivity (Wildman–Crippen MR) is 72.1 cm³/mol. The lowest BCUT2D eigenvalue weighted by Gasteiger charge is -2.31. The van der Waals surface area contributed by atoms with Crippen LogP contribution >= 0.6 is 0 Å². The zero-order valence-corrected chi connectivity index (χ0v) is 11.7. The van der Waals surface area contributed by atoms with Crippen LogP contribution in [0.5, 0.6) is 0 Å². The minimum Gasteiger partial charge on any atom is -0.388 e. The molecule has 4 heteroatoms. The van der Waals surface area contributed by atoms with Gasteiger partial charge in [0.25, 0.3) is 0 Å². The van der Waals surface area contributed by atoms with Gasteiger partial charge in [-0.15, -0.1) is 0 Å². The molecule has 1 aliphatic carbocycles. The van der Waals surface area contributed by atoms with Crippen molar-refractivity contribution < 1.29 is 18.3 Å². The first-order valence-corrected chi connectivity index (χ1v) is 7.27. The second-order valence-electron chi connectivity index (χ2n) is 5.76. The molecule has 1 fully saturated rings. The second-order valence-corrected chi connectivity index (χ2v) is 5.76. The van der Waals surface area contributed by atoms with Gasteiger partial charge in [-0.2, -0.15) is 13.2 Å². The number of benzene rings is 1. The van der Waals surface area contributed by atoms with Crippen LogP contribution in [0.4, 0.5) is 13.2 Å². The maximum Gasteiger partial charge on any atom is 0.416 e. The lowest BCUT2D eigenvalue weighted by Crippen LogP contribution is -2.20. The highest BCUT2D eigenvalue weighted by molar-refractivity contribution is 5.27. The lowest BCUT2D eigenvalue weighted by molar-refractivity contribution is -0.137. The van der Waals surface area contributed by atoms with Crippen LogP contribution < -0.4 is 0 Å². The summed E-state index contributed by atoms with van der Waals surface area (Å²) in [7, 11) is 0. The molecule has 0 bridgehead atoms. The van der Waals surface area contributed by atoms with Crippen molar-refractivity contribution in [3.05, 3.63) is 35.4 Å². The smallest absolute Gasteiger partial charge is 0.388 e. The largest absolute Gasteiger partial charge is 0.416 e. The predicted octanol–water partition coefficient (Wildman–Crippen LogP) is 4.96. The van der Waals surface area contributed by atoms with E-state index in [2.05, 4.69) is 6.92 Å². The van der Waals surface area contributed by atoms with E-state index in [1.54, 1.807) is 6.07 Å². The molecule has 112 valence electrons. The van der Waals surface area contributed by atoms with Gasteiger partial charge >= 0.3 is 6.18 Å². The van der Waals surface area contributed by atoms with Crippen LogP contribution in [0.2, 0.25) is 0 Å². The minimum atomic E-state index is -4.35. The molecule has 1 aromatic rings. The Balaban J connectivity index is 2.08. The Labute approximate surface area is 117 Å². The molecule has 0 aliphatic heterocycles. The molecule has 1 aromatic carbocycles. The fourth-order valence-electron chi connectivity index (χ4n) is 3.08. The van der Waals surface area contributed by atoms with Gasteiger partial charge in [0.2, 0.25) is 0 Å².